The van der Waals surface area contributed by atoms with Gasteiger partial charge in [-0.05, 0) is 0 Å². The molecule has 16 heteroatoms. The molecule has 1 atom stereocenters. The van der Waals surface area contributed by atoms with Gasteiger partial charge in [0.15, 0.2) is 0 Å². The summed E-state index contributed by atoms with van der Waals surface area (Å²) in [5, 5.41) is -6.91. The molecule has 0 saturated carbocycles. The molecule has 0 amide bonds. The van der Waals surface area contributed by atoms with Crippen LogP contribution in [0.25, 0.3) is 0 Å². The number of alkyl halides is 10. The zero-order valence-corrected chi connectivity index (χ0v) is 10.9. The van der Waals surface area contributed by atoms with Crippen molar-refractivity contribution in [2.24, 2.45) is 0 Å². The van der Waals surface area contributed by atoms with E-state index in [2.05, 4.69) is 11.3 Å². The molecule has 0 aliphatic carbocycles. The van der Waals surface area contributed by atoms with E-state index < -0.39 is 45.9 Å². The van der Waals surface area contributed by atoms with Crippen LogP contribution in [-0.4, -0.2) is 42.5 Å². The Labute approximate surface area is 120 Å². The van der Waals surface area contributed by atoms with E-state index in [0.29, 0.717) is 0 Å². The quantitative estimate of drug-likeness (QED) is 0.411. The van der Waals surface area contributed by atoms with Crippen LogP contribution in [0, 0.1) is 0 Å². The van der Waals surface area contributed by atoms with Gasteiger partial charge >= 0.3 is 39.6 Å². The summed E-state index contributed by atoms with van der Waals surface area (Å²) in [6, 6.07) is 0. The lowest BCUT2D eigenvalue weighted by Crippen LogP contribution is -2.64. The van der Waals surface area contributed by atoms with E-state index >= 15 is 0 Å². The highest BCUT2D eigenvalue weighted by atomic mass is 32.2. The van der Waals surface area contributed by atoms with Crippen molar-refractivity contribution in [2.75, 3.05) is 0 Å². The lowest BCUT2D eigenvalue weighted by atomic mass is 10.2. The first-order valence-corrected chi connectivity index (χ1v) is 6.06. The van der Waals surface area contributed by atoms with Gasteiger partial charge < -0.3 is 4.74 Å². The third-order valence-electron chi connectivity index (χ3n) is 1.90. The fraction of sp³-hybridized carbons (Fsp3) is 0.714. The topological polar surface area (TPSA) is 72.8 Å². The molecule has 0 aromatic carbocycles. The Balaban J connectivity index is 6.18. The van der Waals surface area contributed by atoms with Crippen molar-refractivity contribution in [3.63, 3.8) is 0 Å². The lowest BCUT2D eigenvalue weighted by Gasteiger charge is -2.36. The van der Waals surface area contributed by atoms with Crippen molar-refractivity contribution in [2.45, 2.75) is 29.5 Å². The molecule has 0 heterocycles. The van der Waals surface area contributed by atoms with Crippen LogP contribution >= 0.6 is 0 Å². The largest absolute Gasteiger partial charge is 0.468 e. The Bertz CT molecular complexity index is 554. The third-order valence-corrected chi connectivity index (χ3v) is 2.79. The van der Waals surface area contributed by atoms with Gasteiger partial charge in [0.05, 0.1) is 6.26 Å². The van der Waals surface area contributed by atoms with Crippen molar-refractivity contribution in [1.82, 2.24) is 0 Å². The first-order valence-electron chi connectivity index (χ1n) is 4.62. The standard InChI is InChI=1S/C7H4F10O5S/c1-2-21-5(12,13)3(8,4(9,10)11)22-6(14,15)7(16,17)23(18,19)20/h2H,1H2,(H,18,19,20). The lowest BCUT2D eigenvalue weighted by molar-refractivity contribution is -0.507. The highest BCUT2D eigenvalue weighted by molar-refractivity contribution is 7.86. The predicted octanol–water partition coefficient (Wildman–Crippen LogP) is 3.06. The molecule has 0 fully saturated rings. The normalized spacial score (nSPS) is 17.5. The van der Waals surface area contributed by atoms with Crippen molar-refractivity contribution in [3.8, 4) is 0 Å². The maximum atomic E-state index is 13.3. The maximum absolute atomic E-state index is 13.3. The molecule has 5 nitrogen and oxygen atoms in total. The molecule has 1 unspecified atom stereocenters. The molecule has 0 aromatic rings. The van der Waals surface area contributed by atoms with Gasteiger partial charge in [-0.2, -0.15) is 52.3 Å². The first-order chi connectivity index (χ1) is 9.77. The summed E-state index contributed by atoms with van der Waals surface area (Å²) in [5.41, 5.74) is 0. The molecular formula is C7H4F10O5S. The Hall–Kier alpha value is -1.29. The van der Waals surface area contributed by atoms with Gasteiger partial charge in [0, 0.05) is 0 Å². The van der Waals surface area contributed by atoms with Crippen molar-refractivity contribution in [3.05, 3.63) is 12.8 Å². The minimum absolute atomic E-state index is 0.567. The van der Waals surface area contributed by atoms with Crippen LogP contribution in [0.15, 0.2) is 12.8 Å². The second kappa shape index (κ2) is 5.66. The van der Waals surface area contributed by atoms with Crippen LogP contribution in [0.4, 0.5) is 43.9 Å². The van der Waals surface area contributed by atoms with E-state index in [1.807, 2.05) is 0 Å². The minimum atomic E-state index is -7.18. The van der Waals surface area contributed by atoms with Crippen LogP contribution in [0.3, 0.4) is 0 Å². The molecule has 0 aromatic heterocycles. The van der Waals surface area contributed by atoms with Gasteiger partial charge in [0.1, 0.15) is 0 Å². The smallest absolute Gasteiger partial charge is 0.437 e. The van der Waals surface area contributed by atoms with Crippen LogP contribution in [0.2, 0.25) is 0 Å². The minimum Gasteiger partial charge on any atom is -0.437 e. The van der Waals surface area contributed by atoms with E-state index in [1.54, 1.807) is 4.74 Å². The summed E-state index contributed by atoms with van der Waals surface area (Å²) in [4.78, 5) is 0. The van der Waals surface area contributed by atoms with E-state index in [4.69, 9.17) is 4.55 Å². The molecular weight excluding hydrogens is 386 g/mol. The van der Waals surface area contributed by atoms with Crippen molar-refractivity contribution >= 4 is 10.1 Å². The highest BCUT2D eigenvalue weighted by Crippen LogP contribution is 2.52. The third kappa shape index (κ3) is 3.63. The zero-order valence-electron chi connectivity index (χ0n) is 10.1. The summed E-state index contributed by atoms with van der Waals surface area (Å²) < 4.78 is 159. The zero-order chi connectivity index (χ0) is 19.1. The van der Waals surface area contributed by atoms with Gasteiger partial charge in [-0.1, -0.05) is 6.58 Å². The van der Waals surface area contributed by atoms with Crippen LogP contribution in [0.1, 0.15) is 0 Å². The average Bonchev–Trinajstić information content (AvgIpc) is 2.24. The van der Waals surface area contributed by atoms with Gasteiger partial charge in [-0.25, -0.2) is 0 Å². The summed E-state index contributed by atoms with van der Waals surface area (Å²) in [6.07, 6.45) is -21.1. The summed E-state index contributed by atoms with van der Waals surface area (Å²) in [5.74, 6) is -6.94. The highest BCUT2D eigenvalue weighted by Gasteiger charge is 2.82. The molecule has 23 heavy (non-hydrogen) atoms. The van der Waals surface area contributed by atoms with E-state index in [-0.39, 0.29) is 0 Å². The predicted molar refractivity (Wildman–Crippen MR) is 48.7 cm³/mol. The molecule has 0 aliphatic rings. The molecule has 0 bridgehead atoms. The fourth-order valence-electron chi connectivity index (χ4n) is 0.849. The number of hydrogen-bond donors (Lipinski definition) is 1. The molecule has 0 saturated heterocycles. The molecule has 0 aliphatic heterocycles. The Morgan fingerprint density at radius 2 is 1.26 bits per heavy atom. The number of ether oxygens (including phenoxy) is 2. The van der Waals surface area contributed by atoms with E-state index in [0.717, 1.165) is 0 Å². The van der Waals surface area contributed by atoms with Gasteiger partial charge in [-0.3, -0.25) is 9.29 Å². The Morgan fingerprint density at radius 3 is 1.52 bits per heavy atom. The van der Waals surface area contributed by atoms with Gasteiger partial charge in [0.2, 0.25) is 0 Å². The second-order valence-electron chi connectivity index (χ2n) is 3.50. The van der Waals surface area contributed by atoms with Crippen LogP contribution < -0.4 is 0 Å². The molecule has 0 rings (SSSR count). The Morgan fingerprint density at radius 1 is 0.870 bits per heavy atom. The monoisotopic (exact) mass is 390 g/mol. The van der Waals surface area contributed by atoms with Crippen molar-refractivity contribution in [1.29, 1.82) is 0 Å². The van der Waals surface area contributed by atoms with Crippen molar-refractivity contribution < 1.29 is 66.3 Å². The number of rotatable bonds is 7. The number of halogens is 10. The molecule has 138 valence electrons. The first kappa shape index (κ1) is 21.7. The number of hydrogen-bond acceptors (Lipinski definition) is 4. The van der Waals surface area contributed by atoms with Crippen LogP contribution in [0.5, 0.6) is 0 Å². The van der Waals surface area contributed by atoms with E-state index in [9.17, 15) is 52.3 Å². The van der Waals surface area contributed by atoms with Crippen LogP contribution in [-0.2, 0) is 19.6 Å². The maximum Gasteiger partial charge on any atom is 0.468 e. The fourth-order valence-corrected chi connectivity index (χ4v) is 1.19. The average molecular weight is 390 g/mol. The molecule has 0 radical (unpaired) electrons. The molecule has 1 N–H and O–H groups in total. The summed E-state index contributed by atoms with van der Waals surface area (Å²) in [6.45, 7) is 2.26. The van der Waals surface area contributed by atoms with E-state index in [1.165, 1.54) is 0 Å². The van der Waals surface area contributed by atoms with Gasteiger partial charge in [-0.15, -0.1) is 0 Å². The molecule has 0 spiro atoms. The summed E-state index contributed by atoms with van der Waals surface area (Å²) in [7, 11) is -7.18. The second-order valence-corrected chi connectivity index (χ2v) is 4.97. The van der Waals surface area contributed by atoms with Gasteiger partial charge in [0.25, 0.3) is 0 Å². The Kier molecular flexibility index (Phi) is 5.34. The SMILES string of the molecule is C=COC(F)(F)C(F)(OC(F)(F)C(F)(F)S(=O)(=O)O)C(F)(F)F. The summed E-state index contributed by atoms with van der Waals surface area (Å²) >= 11 is 0.